The number of hydrogen-bond donors (Lipinski definition) is 0. The molecule has 132 valence electrons. The molecule has 1 amide bonds. The van der Waals surface area contributed by atoms with Gasteiger partial charge in [0.05, 0.1) is 7.11 Å². The van der Waals surface area contributed by atoms with Crippen molar-refractivity contribution < 1.29 is 19.0 Å². The van der Waals surface area contributed by atoms with Crippen molar-refractivity contribution >= 4 is 6.09 Å². The number of nitrogens with zero attached hydrogens (tertiary/aromatic N) is 3. The van der Waals surface area contributed by atoms with Crippen molar-refractivity contribution in [2.24, 2.45) is 0 Å². The number of hydrogen-bond acceptors (Lipinski definition) is 6. The largest absolute Gasteiger partial charge is 0.493 e. The van der Waals surface area contributed by atoms with Crippen molar-refractivity contribution in [3.63, 3.8) is 0 Å². The Morgan fingerprint density at radius 1 is 1.16 bits per heavy atom. The van der Waals surface area contributed by atoms with Crippen LogP contribution in [0.25, 0.3) is 0 Å². The second kappa shape index (κ2) is 6.58. The standard InChI is InChI=1S/C18H21N3O4/c1-18(2,3)25-17(22)21-9-12-7-14(23-4)15(8-13(12)10-21)24-16-5-6-19-11-20-16/h5-8,11H,9-10H2,1-4H3. The summed E-state index contributed by atoms with van der Waals surface area (Å²) in [6, 6.07) is 5.43. The van der Waals surface area contributed by atoms with Crippen LogP contribution in [-0.4, -0.2) is 33.7 Å². The van der Waals surface area contributed by atoms with Gasteiger partial charge in [0.1, 0.15) is 11.9 Å². The first kappa shape index (κ1) is 17.0. The van der Waals surface area contributed by atoms with Gasteiger partial charge in [-0.3, -0.25) is 4.90 Å². The number of fused-ring (bicyclic) bond motifs is 1. The van der Waals surface area contributed by atoms with Crippen molar-refractivity contribution in [1.29, 1.82) is 0 Å². The Morgan fingerprint density at radius 3 is 2.40 bits per heavy atom. The monoisotopic (exact) mass is 343 g/mol. The lowest BCUT2D eigenvalue weighted by atomic mass is 10.1. The van der Waals surface area contributed by atoms with Crippen molar-refractivity contribution in [3.05, 3.63) is 41.9 Å². The second-order valence-electron chi connectivity index (χ2n) is 6.76. The number of ether oxygens (including phenoxy) is 3. The lowest BCUT2D eigenvalue weighted by Gasteiger charge is -2.24. The third kappa shape index (κ3) is 3.99. The molecule has 1 aliphatic rings. The van der Waals surface area contributed by atoms with E-state index in [2.05, 4.69) is 9.97 Å². The third-order valence-corrected chi connectivity index (χ3v) is 3.63. The van der Waals surface area contributed by atoms with Crippen LogP contribution in [0, 0.1) is 0 Å². The van der Waals surface area contributed by atoms with E-state index in [9.17, 15) is 4.79 Å². The normalized spacial score (nSPS) is 13.4. The maximum atomic E-state index is 12.3. The van der Waals surface area contributed by atoms with Crippen molar-refractivity contribution in [1.82, 2.24) is 14.9 Å². The number of amides is 1. The van der Waals surface area contributed by atoms with Crippen LogP contribution in [0.4, 0.5) is 4.79 Å². The topological polar surface area (TPSA) is 73.8 Å². The van der Waals surface area contributed by atoms with Crippen LogP contribution in [0.5, 0.6) is 17.4 Å². The average molecular weight is 343 g/mol. The van der Waals surface area contributed by atoms with Gasteiger partial charge in [-0.1, -0.05) is 0 Å². The summed E-state index contributed by atoms with van der Waals surface area (Å²) in [5.41, 5.74) is 1.48. The fraction of sp³-hybridized carbons (Fsp3) is 0.389. The first-order valence-corrected chi connectivity index (χ1v) is 7.97. The molecule has 1 aromatic heterocycles. The molecule has 2 aromatic rings. The molecular weight excluding hydrogens is 322 g/mol. The lowest BCUT2D eigenvalue weighted by Crippen LogP contribution is -2.33. The second-order valence-corrected chi connectivity index (χ2v) is 6.76. The highest BCUT2D eigenvalue weighted by atomic mass is 16.6. The average Bonchev–Trinajstić information content (AvgIpc) is 2.96. The zero-order valence-electron chi connectivity index (χ0n) is 14.8. The molecule has 7 heteroatoms. The van der Waals surface area contributed by atoms with Crippen LogP contribution >= 0.6 is 0 Å². The fourth-order valence-electron chi connectivity index (χ4n) is 2.55. The molecule has 0 aliphatic carbocycles. The van der Waals surface area contributed by atoms with Crippen LogP contribution in [0.3, 0.4) is 0 Å². The quantitative estimate of drug-likeness (QED) is 0.849. The van der Waals surface area contributed by atoms with Gasteiger partial charge in [-0.2, -0.15) is 0 Å². The summed E-state index contributed by atoms with van der Waals surface area (Å²) in [4.78, 5) is 21.9. The molecule has 1 aromatic carbocycles. The predicted molar refractivity (Wildman–Crippen MR) is 90.6 cm³/mol. The lowest BCUT2D eigenvalue weighted by molar-refractivity contribution is 0.0241. The van der Waals surface area contributed by atoms with Gasteiger partial charge in [0.25, 0.3) is 0 Å². The SMILES string of the molecule is COc1cc2c(cc1Oc1ccncn1)CN(C(=O)OC(C)(C)C)C2. The van der Waals surface area contributed by atoms with Crippen LogP contribution in [0.1, 0.15) is 31.9 Å². The van der Waals surface area contributed by atoms with E-state index >= 15 is 0 Å². The first-order chi connectivity index (χ1) is 11.9. The molecule has 0 spiro atoms. The molecule has 0 unspecified atom stereocenters. The molecule has 0 saturated heterocycles. The van der Waals surface area contributed by atoms with Gasteiger partial charge in [-0.25, -0.2) is 14.8 Å². The molecular formula is C18H21N3O4. The number of aromatic nitrogens is 2. The zero-order chi connectivity index (χ0) is 18.0. The molecule has 0 radical (unpaired) electrons. The highest BCUT2D eigenvalue weighted by Gasteiger charge is 2.29. The van der Waals surface area contributed by atoms with Crippen LogP contribution < -0.4 is 9.47 Å². The predicted octanol–water partition coefficient (Wildman–Crippen LogP) is 3.53. The molecule has 0 bridgehead atoms. The van der Waals surface area contributed by atoms with Gasteiger partial charge < -0.3 is 14.2 Å². The number of carbonyl (C=O) groups is 1. The summed E-state index contributed by atoms with van der Waals surface area (Å²) in [6.45, 7) is 6.50. The minimum absolute atomic E-state index is 0.332. The van der Waals surface area contributed by atoms with E-state index in [1.807, 2.05) is 32.9 Å². The summed E-state index contributed by atoms with van der Waals surface area (Å²) in [6.07, 6.45) is 2.69. The Hall–Kier alpha value is -2.83. The fourth-order valence-corrected chi connectivity index (χ4v) is 2.55. The van der Waals surface area contributed by atoms with Gasteiger partial charge in [0, 0.05) is 25.4 Å². The molecule has 0 fully saturated rings. The summed E-state index contributed by atoms with van der Waals surface area (Å²) in [5.74, 6) is 1.56. The minimum atomic E-state index is -0.523. The first-order valence-electron chi connectivity index (χ1n) is 7.97. The maximum absolute atomic E-state index is 12.3. The molecule has 1 aliphatic heterocycles. The van der Waals surface area contributed by atoms with Gasteiger partial charge in [-0.05, 0) is 44.0 Å². The van der Waals surface area contributed by atoms with E-state index in [4.69, 9.17) is 14.2 Å². The maximum Gasteiger partial charge on any atom is 0.410 e. The Labute approximate surface area is 146 Å². The number of methoxy groups -OCH3 is 1. The van der Waals surface area contributed by atoms with Crippen LogP contribution in [0.2, 0.25) is 0 Å². The number of benzene rings is 1. The van der Waals surface area contributed by atoms with Crippen LogP contribution in [0.15, 0.2) is 30.7 Å². The highest BCUT2D eigenvalue weighted by Crippen LogP contribution is 2.37. The molecule has 2 heterocycles. The van der Waals surface area contributed by atoms with Gasteiger partial charge in [0.2, 0.25) is 5.88 Å². The van der Waals surface area contributed by atoms with E-state index in [1.54, 1.807) is 24.3 Å². The smallest absolute Gasteiger partial charge is 0.410 e. The highest BCUT2D eigenvalue weighted by molar-refractivity contribution is 5.69. The Balaban J connectivity index is 1.81. The molecule has 0 atom stereocenters. The van der Waals surface area contributed by atoms with E-state index in [1.165, 1.54) is 6.33 Å². The van der Waals surface area contributed by atoms with Gasteiger partial charge in [0.15, 0.2) is 11.5 Å². The zero-order valence-corrected chi connectivity index (χ0v) is 14.8. The molecule has 3 rings (SSSR count). The van der Waals surface area contributed by atoms with Crippen molar-refractivity contribution in [2.75, 3.05) is 7.11 Å². The summed E-state index contributed by atoms with van der Waals surface area (Å²) in [7, 11) is 1.58. The van der Waals surface area contributed by atoms with E-state index < -0.39 is 5.60 Å². The molecule has 0 saturated carbocycles. The van der Waals surface area contributed by atoms with E-state index in [-0.39, 0.29) is 6.09 Å². The van der Waals surface area contributed by atoms with Gasteiger partial charge >= 0.3 is 6.09 Å². The molecule has 7 nitrogen and oxygen atoms in total. The number of rotatable bonds is 3. The molecule has 0 N–H and O–H groups in total. The van der Waals surface area contributed by atoms with Crippen molar-refractivity contribution in [2.45, 2.75) is 39.5 Å². The van der Waals surface area contributed by atoms with E-state index in [0.29, 0.717) is 30.5 Å². The van der Waals surface area contributed by atoms with Crippen LogP contribution in [-0.2, 0) is 17.8 Å². The third-order valence-electron chi connectivity index (χ3n) is 3.63. The Bertz CT molecular complexity index is 772. The molecule has 25 heavy (non-hydrogen) atoms. The Kier molecular flexibility index (Phi) is 4.48. The summed E-state index contributed by atoms with van der Waals surface area (Å²) < 4.78 is 16.7. The minimum Gasteiger partial charge on any atom is -0.493 e. The van der Waals surface area contributed by atoms with Crippen molar-refractivity contribution in [3.8, 4) is 17.4 Å². The Morgan fingerprint density at radius 2 is 1.84 bits per heavy atom. The number of carbonyl (C=O) groups excluding carboxylic acids is 1. The summed E-state index contributed by atoms with van der Waals surface area (Å²) in [5, 5.41) is 0. The summed E-state index contributed by atoms with van der Waals surface area (Å²) >= 11 is 0. The van der Waals surface area contributed by atoms with Gasteiger partial charge in [-0.15, -0.1) is 0 Å². The van der Waals surface area contributed by atoms with E-state index in [0.717, 1.165) is 11.1 Å².